The lowest BCUT2D eigenvalue weighted by molar-refractivity contribution is -0.133. The van der Waals surface area contributed by atoms with Crippen molar-refractivity contribution >= 4 is 17.8 Å². The zero-order chi connectivity index (χ0) is 27.4. The zero-order valence-electron chi connectivity index (χ0n) is 22.0. The number of carbonyl (C=O) groups excluding carboxylic acids is 2. The van der Waals surface area contributed by atoms with Gasteiger partial charge in [-0.3, -0.25) is 19.5 Å². The van der Waals surface area contributed by atoms with E-state index in [2.05, 4.69) is 15.3 Å². The Bertz CT molecular complexity index is 1300. The van der Waals surface area contributed by atoms with Crippen molar-refractivity contribution in [3.05, 3.63) is 59.7 Å². The van der Waals surface area contributed by atoms with E-state index in [1.54, 1.807) is 13.8 Å². The van der Waals surface area contributed by atoms with E-state index in [9.17, 15) is 19.1 Å². The predicted molar refractivity (Wildman–Crippen MR) is 138 cm³/mol. The Labute approximate surface area is 221 Å². The fraction of sp³-hybridized carbons (Fsp3) is 0.500. The number of halogens is 1. The molecule has 38 heavy (non-hydrogen) atoms. The molecular weight excluding hydrogens is 489 g/mol. The van der Waals surface area contributed by atoms with Gasteiger partial charge in [-0.1, -0.05) is 25.1 Å². The van der Waals surface area contributed by atoms with E-state index in [0.29, 0.717) is 29.7 Å². The number of hydrogen-bond acceptors (Lipinski definition) is 7. The Hall–Kier alpha value is -3.53. The van der Waals surface area contributed by atoms with E-state index in [4.69, 9.17) is 10.5 Å². The summed E-state index contributed by atoms with van der Waals surface area (Å²) in [7, 11) is 0. The molecule has 2 aliphatic heterocycles. The molecule has 3 aliphatic rings. The average Bonchev–Trinajstić information content (AvgIpc) is 3.64. The van der Waals surface area contributed by atoms with Gasteiger partial charge in [-0.2, -0.15) is 0 Å². The van der Waals surface area contributed by atoms with E-state index in [-0.39, 0.29) is 30.1 Å². The molecule has 0 radical (unpaired) electrons. The van der Waals surface area contributed by atoms with Gasteiger partial charge in [-0.25, -0.2) is 9.38 Å². The molecule has 1 saturated carbocycles. The monoisotopic (exact) mass is 523 g/mol. The molecule has 2 amide bonds. The van der Waals surface area contributed by atoms with Gasteiger partial charge in [0.25, 0.3) is 0 Å². The number of nitrogens with one attached hydrogen (secondary N) is 1. The minimum atomic E-state index is -0.986. The molecule has 0 spiro atoms. The number of nitrogens with two attached hydrogens (primary N) is 1. The van der Waals surface area contributed by atoms with Crippen molar-refractivity contribution in [2.45, 2.75) is 76.3 Å². The number of para-hydroxylation sites is 1. The van der Waals surface area contributed by atoms with Crippen molar-refractivity contribution in [1.82, 2.24) is 15.2 Å². The van der Waals surface area contributed by atoms with E-state index < -0.39 is 41.1 Å². The first kappa shape index (κ1) is 26.1. The van der Waals surface area contributed by atoms with Crippen LogP contribution in [0.2, 0.25) is 0 Å². The van der Waals surface area contributed by atoms with E-state index >= 15 is 0 Å². The fourth-order valence-corrected chi connectivity index (χ4v) is 5.62. The van der Waals surface area contributed by atoms with Gasteiger partial charge in [0.1, 0.15) is 23.3 Å². The summed E-state index contributed by atoms with van der Waals surface area (Å²) in [4.78, 5) is 36.9. The number of aliphatic hydroxyl groups is 1. The number of aromatic nitrogens is 1. The molecule has 5 rings (SSSR count). The van der Waals surface area contributed by atoms with Gasteiger partial charge in [0, 0.05) is 17.7 Å². The minimum absolute atomic E-state index is 0.0569. The zero-order valence-corrected chi connectivity index (χ0v) is 22.0. The van der Waals surface area contributed by atoms with Crippen LogP contribution in [0, 0.1) is 17.7 Å². The van der Waals surface area contributed by atoms with E-state index in [1.807, 2.05) is 38.1 Å². The summed E-state index contributed by atoms with van der Waals surface area (Å²) in [5.74, 6) is -1.18. The topological polar surface area (TPSA) is 130 Å². The van der Waals surface area contributed by atoms with Crippen LogP contribution < -0.4 is 15.8 Å². The highest BCUT2D eigenvalue weighted by Gasteiger charge is 2.54. The van der Waals surface area contributed by atoms with Gasteiger partial charge in [-0.15, -0.1) is 0 Å². The standard InChI is InChI=1S/C28H34FN5O4/c1-5-28(4)12-21(35)34(26(30)33-28)23(15-10-16(29)14-31-13-15)18-11-19(18)25(37)32-22-17-8-6-7-9-20(17)38-27(2,3)24(22)36/h6-10,13-14,18-19,22-24,36H,5,11-12H2,1-4H3,(H2,30,33)(H,32,37)/t18-,19-,22+,23+,24-,28+/m0/s1. The molecule has 1 aliphatic carbocycles. The third-order valence-electron chi connectivity index (χ3n) is 8.07. The van der Waals surface area contributed by atoms with E-state index in [0.717, 1.165) is 6.20 Å². The quantitative estimate of drug-likeness (QED) is 0.534. The maximum atomic E-state index is 14.2. The van der Waals surface area contributed by atoms with Crippen LogP contribution in [0.25, 0.3) is 0 Å². The lowest BCUT2D eigenvalue weighted by Gasteiger charge is -2.42. The molecule has 1 aromatic heterocycles. The number of carbonyl (C=O) groups is 2. The van der Waals surface area contributed by atoms with Gasteiger partial charge in [0.2, 0.25) is 11.8 Å². The Kier molecular flexibility index (Phi) is 6.41. The largest absolute Gasteiger partial charge is 0.485 e. The normalized spacial score (nSPS) is 30.5. The number of rotatable bonds is 6. The number of benzene rings is 1. The summed E-state index contributed by atoms with van der Waals surface area (Å²) in [5, 5.41) is 14.1. The first-order valence-corrected chi connectivity index (χ1v) is 13.0. The SMILES string of the molecule is CC[C@]1(C)CC(=O)N([C@H](c2cncc(F)c2)[C@H]2C[C@@H]2C(=O)N[C@@H]2c3ccccc3OC(C)(C)[C@H]2O)C(N)=N1. The van der Waals surface area contributed by atoms with Crippen LogP contribution >= 0.6 is 0 Å². The van der Waals surface area contributed by atoms with Crippen molar-refractivity contribution in [1.29, 1.82) is 0 Å². The van der Waals surface area contributed by atoms with Crippen LogP contribution in [0.15, 0.2) is 47.7 Å². The number of aliphatic imine (C=N–C) groups is 1. The van der Waals surface area contributed by atoms with Gasteiger partial charge in [0.05, 0.1) is 30.2 Å². The summed E-state index contributed by atoms with van der Waals surface area (Å²) in [6, 6.07) is 7.24. The molecule has 0 unspecified atom stereocenters. The molecule has 202 valence electrons. The van der Waals surface area contributed by atoms with Crippen LogP contribution in [0.5, 0.6) is 5.75 Å². The number of aliphatic hydroxyl groups excluding tert-OH is 1. The van der Waals surface area contributed by atoms with Crippen LogP contribution in [0.3, 0.4) is 0 Å². The molecule has 0 saturated heterocycles. The summed E-state index contributed by atoms with van der Waals surface area (Å²) in [6.07, 6.45) is 2.86. The maximum Gasteiger partial charge on any atom is 0.232 e. The number of nitrogens with zero attached hydrogens (tertiary/aromatic N) is 3. The van der Waals surface area contributed by atoms with Crippen molar-refractivity contribution < 1.29 is 23.8 Å². The molecular formula is C28H34FN5O4. The second-order valence-electron chi connectivity index (χ2n) is 11.3. The molecule has 2 aromatic rings. The fourth-order valence-electron chi connectivity index (χ4n) is 5.62. The summed E-state index contributed by atoms with van der Waals surface area (Å²) in [5.41, 5.74) is 5.95. The first-order valence-electron chi connectivity index (χ1n) is 13.0. The van der Waals surface area contributed by atoms with Crippen LogP contribution in [0.4, 0.5) is 4.39 Å². The number of fused-ring (bicyclic) bond motifs is 1. The second kappa shape index (κ2) is 9.34. The summed E-state index contributed by atoms with van der Waals surface area (Å²) >= 11 is 0. The average molecular weight is 524 g/mol. The number of ether oxygens (including phenoxy) is 1. The molecule has 0 bridgehead atoms. The maximum absolute atomic E-state index is 14.2. The third kappa shape index (κ3) is 4.62. The molecule has 9 nitrogen and oxygen atoms in total. The smallest absolute Gasteiger partial charge is 0.232 e. The number of hydrogen-bond donors (Lipinski definition) is 3. The van der Waals surface area contributed by atoms with Crippen LogP contribution in [-0.4, -0.2) is 50.0 Å². The minimum Gasteiger partial charge on any atom is -0.485 e. The lowest BCUT2D eigenvalue weighted by Crippen LogP contribution is -2.54. The molecule has 4 N–H and O–H groups in total. The van der Waals surface area contributed by atoms with Gasteiger partial charge in [-0.05, 0) is 57.2 Å². The highest BCUT2D eigenvalue weighted by atomic mass is 19.1. The number of pyridine rings is 1. The summed E-state index contributed by atoms with van der Waals surface area (Å²) in [6.45, 7) is 7.36. The lowest BCUT2D eigenvalue weighted by atomic mass is 9.86. The van der Waals surface area contributed by atoms with Gasteiger partial charge >= 0.3 is 0 Å². The highest BCUT2D eigenvalue weighted by Crippen LogP contribution is 2.52. The Morgan fingerprint density at radius 3 is 2.74 bits per heavy atom. The molecule has 3 heterocycles. The molecule has 1 fully saturated rings. The predicted octanol–water partition coefficient (Wildman–Crippen LogP) is 3.00. The van der Waals surface area contributed by atoms with Crippen molar-refractivity contribution in [2.24, 2.45) is 22.6 Å². The first-order chi connectivity index (χ1) is 17.9. The highest BCUT2D eigenvalue weighted by molar-refractivity contribution is 5.99. The van der Waals surface area contributed by atoms with Crippen LogP contribution in [0.1, 0.15) is 70.2 Å². The molecule has 6 atom stereocenters. The van der Waals surface area contributed by atoms with E-state index in [1.165, 1.54) is 17.2 Å². The Balaban J connectivity index is 1.43. The number of amides is 2. The summed E-state index contributed by atoms with van der Waals surface area (Å²) < 4.78 is 20.2. The Morgan fingerprint density at radius 2 is 2.05 bits per heavy atom. The van der Waals surface area contributed by atoms with Gasteiger partial charge < -0.3 is 20.9 Å². The van der Waals surface area contributed by atoms with Crippen LogP contribution in [-0.2, 0) is 9.59 Å². The molecule has 1 aromatic carbocycles. The third-order valence-corrected chi connectivity index (χ3v) is 8.07. The van der Waals surface area contributed by atoms with Gasteiger partial charge in [0.15, 0.2) is 5.96 Å². The Morgan fingerprint density at radius 1 is 1.32 bits per heavy atom. The number of guanidine groups is 1. The molecule has 10 heteroatoms. The van der Waals surface area contributed by atoms with Crippen molar-refractivity contribution in [3.63, 3.8) is 0 Å². The second-order valence-corrected chi connectivity index (χ2v) is 11.3. The van der Waals surface area contributed by atoms with Crippen molar-refractivity contribution in [2.75, 3.05) is 0 Å². The van der Waals surface area contributed by atoms with Crippen molar-refractivity contribution in [3.8, 4) is 5.75 Å².